The highest BCUT2D eigenvalue weighted by Gasteiger charge is 2.41. The number of fused-ring (bicyclic) bond motifs is 1. The fourth-order valence-corrected chi connectivity index (χ4v) is 2.19. The monoisotopic (exact) mass is 198 g/mol. The van der Waals surface area contributed by atoms with Gasteiger partial charge in [0.15, 0.2) is 0 Å². The lowest BCUT2D eigenvalue weighted by atomic mass is 10.1. The third-order valence-corrected chi connectivity index (χ3v) is 2.81. The predicted molar refractivity (Wildman–Crippen MR) is 53.0 cm³/mol. The highest BCUT2D eigenvalue weighted by atomic mass is 16.5. The van der Waals surface area contributed by atoms with Crippen LogP contribution in [-0.4, -0.2) is 36.7 Å². The summed E-state index contributed by atoms with van der Waals surface area (Å²) in [4.78, 5) is 11.6. The molecule has 0 spiro atoms. The molecule has 0 unspecified atom stereocenters. The number of ether oxygens (including phenoxy) is 1. The molecule has 2 aliphatic heterocycles. The van der Waals surface area contributed by atoms with Gasteiger partial charge in [0.25, 0.3) is 0 Å². The van der Waals surface area contributed by atoms with E-state index >= 15 is 0 Å². The van der Waals surface area contributed by atoms with E-state index in [-0.39, 0.29) is 24.2 Å². The second-order valence-corrected chi connectivity index (χ2v) is 4.41. The van der Waals surface area contributed by atoms with Crippen LogP contribution in [0, 0.1) is 0 Å². The molecule has 14 heavy (non-hydrogen) atoms. The molecule has 0 aromatic heterocycles. The van der Waals surface area contributed by atoms with Gasteiger partial charge >= 0.3 is 0 Å². The van der Waals surface area contributed by atoms with E-state index in [9.17, 15) is 4.79 Å². The molecule has 0 aromatic carbocycles. The smallest absolute Gasteiger partial charge is 0.249 e. The van der Waals surface area contributed by atoms with Crippen molar-refractivity contribution < 1.29 is 9.53 Å². The normalized spacial score (nSPS) is 36.1. The molecule has 2 saturated heterocycles. The van der Waals surface area contributed by atoms with Gasteiger partial charge < -0.3 is 15.4 Å². The maximum absolute atomic E-state index is 11.6. The van der Waals surface area contributed by atoms with E-state index in [1.54, 1.807) is 0 Å². The van der Waals surface area contributed by atoms with E-state index < -0.39 is 0 Å². The predicted octanol–water partition coefficient (Wildman–Crippen LogP) is 0.0304. The molecule has 0 bridgehead atoms. The summed E-state index contributed by atoms with van der Waals surface area (Å²) < 4.78 is 5.67. The third kappa shape index (κ3) is 1.91. The summed E-state index contributed by atoms with van der Waals surface area (Å²) in [6.45, 7) is 4.95. The van der Waals surface area contributed by atoms with E-state index in [1.807, 2.05) is 13.8 Å². The molecular formula is C10H18N2O2. The van der Waals surface area contributed by atoms with Gasteiger partial charge in [-0.05, 0) is 26.8 Å². The Morgan fingerprint density at radius 2 is 2.36 bits per heavy atom. The fourth-order valence-electron chi connectivity index (χ4n) is 2.19. The Bertz CT molecular complexity index is 218. The van der Waals surface area contributed by atoms with Crippen LogP contribution in [0.4, 0.5) is 0 Å². The number of carbonyl (C=O) groups is 1. The molecular weight excluding hydrogens is 180 g/mol. The number of amides is 1. The van der Waals surface area contributed by atoms with E-state index in [4.69, 9.17) is 4.74 Å². The zero-order valence-electron chi connectivity index (χ0n) is 8.75. The minimum absolute atomic E-state index is 0.0381. The summed E-state index contributed by atoms with van der Waals surface area (Å²) in [5, 5.41) is 6.23. The average molecular weight is 198 g/mol. The quantitative estimate of drug-likeness (QED) is 0.658. The zero-order valence-corrected chi connectivity index (χ0v) is 8.75. The topological polar surface area (TPSA) is 50.4 Å². The van der Waals surface area contributed by atoms with Crippen molar-refractivity contribution in [1.82, 2.24) is 10.6 Å². The van der Waals surface area contributed by atoms with Gasteiger partial charge in [0.1, 0.15) is 6.10 Å². The van der Waals surface area contributed by atoms with Gasteiger partial charge in [0.2, 0.25) is 5.91 Å². The molecule has 4 heteroatoms. The summed E-state index contributed by atoms with van der Waals surface area (Å²) >= 11 is 0. The van der Waals surface area contributed by atoms with Gasteiger partial charge in [0.05, 0.1) is 6.10 Å². The first-order chi connectivity index (χ1) is 6.66. The van der Waals surface area contributed by atoms with Crippen LogP contribution < -0.4 is 10.6 Å². The standard InChI is InChI=1S/C10H18N2O2/c1-6(2)12-10(13)9-5-7-8(14-9)3-4-11-7/h6-9,11H,3-5H2,1-2H3,(H,12,13)/t7-,8-,9+/m1/s1. The minimum Gasteiger partial charge on any atom is -0.363 e. The Labute approximate surface area is 84.4 Å². The summed E-state index contributed by atoms with van der Waals surface area (Å²) in [5.74, 6) is 0.0381. The van der Waals surface area contributed by atoms with Crippen LogP contribution >= 0.6 is 0 Å². The molecule has 3 atom stereocenters. The van der Waals surface area contributed by atoms with Crippen LogP contribution in [-0.2, 0) is 9.53 Å². The van der Waals surface area contributed by atoms with Crippen LogP contribution in [0.5, 0.6) is 0 Å². The van der Waals surface area contributed by atoms with Gasteiger partial charge in [0, 0.05) is 18.5 Å². The molecule has 4 nitrogen and oxygen atoms in total. The molecule has 0 saturated carbocycles. The van der Waals surface area contributed by atoms with Crippen molar-refractivity contribution in [1.29, 1.82) is 0 Å². The highest BCUT2D eigenvalue weighted by Crippen LogP contribution is 2.26. The van der Waals surface area contributed by atoms with Crippen molar-refractivity contribution in [3.05, 3.63) is 0 Å². The van der Waals surface area contributed by atoms with Crippen molar-refractivity contribution in [3.8, 4) is 0 Å². The summed E-state index contributed by atoms with van der Waals surface area (Å²) in [7, 11) is 0. The molecule has 2 fully saturated rings. The van der Waals surface area contributed by atoms with Gasteiger partial charge in [-0.1, -0.05) is 0 Å². The molecule has 0 aromatic rings. The Hall–Kier alpha value is -0.610. The first kappa shape index (κ1) is 9.93. The fraction of sp³-hybridized carbons (Fsp3) is 0.900. The van der Waals surface area contributed by atoms with Crippen LogP contribution in [0.3, 0.4) is 0 Å². The third-order valence-electron chi connectivity index (χ3n) is 2.81. The maximum Gasteiger partial charge on any atom is 0.249 e. The molecule has 0 radical (unpaired) electrons. The molecule has 0 aliphatic carbocycles. The minimum atomic E-state index is -0.236. The number of rotatable bonds is 2. The first-order valence-corrected chi connectivity index (χ1v) is 5.36. The molecule has 80 valence electrons. The van der Waals surface area contributed by atoms with Gasteiger partial charge in [-0.25, -0.2) is 0 Å². The largest absolute Gasteiger partial charge is 0.363 e. The second kappa shape index (κ2) is 3.87. The maximum atomic E-state index is 11.6. The Balaban J connectivity index is 1.86. The van der Waals surface area contributed by atoms with E-state index in [1.165, 1.54) is 0 Å². The van der Waals surface area contributed by atoms with Gasteiger partial charge in [-0.15, -0.1) is 0 Å². The van der Waals surface area contributed by atoms with Crippen molar-refractivity contribution in [2.75, 3.05) is 6.54 Å². The molecule has 2 aliphatic rings. The lowest BCUT2D eigenvalue weighted by Gasteiger charge is -2.14. The number of hydrogen-bond donors (Lipinski definition) is 2. The average Bonchev–Trinajstić information content (AvgIpc) is 2.58. The number of carbonyl (C=O) groups excluding carboxylic acids is 1. The van der Waals surface area contributed by atoms with Crippen LogP contribution in [0.1, 0.15) is 26.7 Å². The Kier molecular flexibility index (Phi) is 2.74. The summed E-state index contributed by atoms with van der Waals surface area (Å²) in [6, 6.07) is 0.595. The summed E-state index contributed by atoms with van der Waals surface area (Å²) in [6.07, 6.45) is 1.89. The van der Waals surface area contributed by atoms with Crippen LogP contribution in [0.2, 0.25) is 0 Å². The van der Waals surface area contributed by atoms with E-state index in [0.29, 0.717) is 6.04 Å². The van der Waals surface area contributed by atoms with Crippen LogP contribution in [0.15, 0.2) is 0 Å². The highest BCUT2D eigenvalue weighted by molar-refractivity contribution is 5.81. The molecule has 1 amide bonds. The number of hydrogen-bond acceptors (Lipinski definition) is 3. The van der Waals surface area contributed by atoms with E-state index in [2.05, 4.69) is 10.6 Å². The second-order valence-electron chi connectivity index (χ2n) is 4.41. The summed E-state index contributed by atoms with van der Waals surface area (Å²) in [5.41, 5.74) is 0. The molecule has 2 rings (SSSR count). The van der Waals surface area contributed by atoms with Crippen LogP contribution in [0.25, 0.3) is 0 Å². The molecule has 2 heterocycles. The lowest BCUT2D eigenvalue weighted by molar-refractivity contribution is -0.132. The first-order valence-electron chi connectivity index (χ1n) is 5.36. The van der Waals surface area contributed by atoms with Gasteiger partial charge in [-0.3, -0.25) is 4.79 Å². The lowest BCUT2D eigenvalue weighted by Crippen LogP contribution is -2.39. The van der Waals surface area contributed by atoms with E-state index in [0.717, 1.165) is 19.4 Å². The Morgan fingerprint density at radius 1 is 1.57 bits per heavy atom. The van der Waals surface area contributed by atoms with Crippen molar-refractivity contribution in [3.63, 3.8) is 0 Å². The Morgan fingerprint density at radius 3 is 3.00 bits per heavy atom. The number of nitrogens with one attached hydrogen (secondary N) is 2. The van der Waals surface area contributed by atoms with Crippen molar-refractivity contribution in [2.45, 2.75) is 51.0 Å². The van der Waals surface area contributed by atoms with Gasteiger partial charge in [-0.2, -0.15) is 0 Å². The molecule has 2 N–H and O–H groups in total. The SMILES string of the molecule is CC(C)NC(=O)[C@@H]1C[C@H]2NCC[C@H]2O1. The zero-order chi connectivity index (χ0) is 10.1. The van der Waals surface area contributed by atoms with Crippen molar-refractivity contribution in [2.24, 2.45) is 0 Å². The van der Waals surface area contributed by atoms with Crippen molar-refractivity contribution >= 4 is 5.91 Å².